The fraction of sp³-hybridized carbons (Fsp3) is 0.263. The minimum atomic E-state index is -0.534. The van der Waals surface area contributed by atoms with Gasteiger partial charge < -0.3 is 14.9 Å². The Balaban J connectivity index is 1.89. The van der Waals surface area contributed by atoms with Gasteiger partial charge in [0.2, 0.25) is 5.75 Å². The van der Waals surface area contributed by atoms with E-state index in [1.165, 1.54) is 47.0 Å². The van der Waals surface area contributed by atoms with E-state index in [0.29, 0.717) is 22.4 Å². The van der Waals surface area contributed by atoms with Gasteiger partial charge in [0.15, 0.2) is 20.2 Å². The molecule has 2 N–H and O–H groups in total. The first-order chi connectivity index (χ1) is 14.2. The van der Waals surface area contributed by atoms with Crippen LogP contribution < -0.4 is 4.74 Å². The number of aromatic hydroxyl groups is 2. The number of ether oxygens (including phenoxy) is 1. The first kappa shape index (κ1) is 22.2. The lowest BCUT2D eigenvalue weighted by Crippen LogP contribution is -1.98. The van der Waals surface area contributed by atoms with Gasteiger partial charge in [-0.15, -0.1) is 10.2 Å². The summed E-state index contributed by atoms with van der Waals surface area (Å²) < 4.78 is 7.35. The van der Waals surface area contributed by atoms with Crippen LogP contribution in [-0.2, 0) is 5.75 Å². The van der Waals surface area contributed by atoms with Gasteiger partial charge in [-0.2, -0.15) is 0 Å². The minimum absolute atomic E-state index is 0.000667. The zero-order valence-electron chi connectivity index (χ0n) is 16.6. The summed E-state index contributed by atoms with van der Waals surface area (Å²) in [4.78, 5) is 11.1. The molecule has 0 aliphatic heterocycles. The number of rotatable bonds is 7. The predicted octanol–water partition coefficient (Wildman–Crippen LogP) is 5.59. The molecule has 0 saturated carbocycles. The Morgan fingerprint density at radius 1 is 1.10 bits per heavy atom. The zero-order chi connectivity index (χ0) is 22.0. The van der Waals surface area contributed by atoms with Gasteiger partial charge in [0.25, 0.3) is 0 Å². The number of aromatic nitrogens is 2. The third-order valence-electron chi connectivity index (χ3n) is 4.54. The van der Waals surface area contributed by atoms with Gasteiger partial charge in [-0.1, -0.05) is 40.9 Å². The monoisotopic (exact) mass is 465 g/mol. The number of hydrogen-bond donors (Lipinski definition) is 2. The molecule has 0 amide bonds. The van der Waals surface area contributed by atoms with Gasteiger partial charge >= 0.3 is 5.69 Å². The lowest BCUT2D eigenvalue weighted by molar-refractivity contribution is -0.385. The summed E-state index contributed by atoms with van der Waals surface area (Å²) in [5.74, 6) is 0.295. The largest absolute Gasteiger partial charge is 0.507 e. The van der Waals surface area contributed by atoms with E-state index in [1.54, 1.807) is 26.8 Å². The number of benzene rings is 2. The van der Waals surface area contributed by atoms with Gasteiger partial charge in [0.05, 0.1) is 4.92 Å². The second-order valence-electron chi connectivity index (χ2n) is 6.39. The standard InChI is InChI=1S/C19H19N3O5S3/c1-9-10(2)16(24)17(11(3)15(9)23)27-14-6-5-12(7-13(14)22(25)26)8-29-19-21-20-18(28-4)30-19/h5-7,23-24H,8H2,1-4H3. The van der Waals surface area contributed by atoms with Gasteiger partial charge in [-0.05, 0) is 44.2 Å². The first-order valence-corrected chi connectivity index (χ1v) is 11.7. The van der Waals surface area contributed by atoms with Crippen molar-refractivity contribution in [3.05, 3.63) is 50.6 Å². The average molecular weight is 466 g/mol. The third kappa shape index (κ3) is 4.47. The van der Waals surface area contributed by atoms with E-state index in [0.717, 1.165) is 14.2 Å². The molecule has 1 aromatic heterocycles. The fourth-order valence-electron chi connectivity index (χ4n) is 2.69. The fourth-order valence-corrected chi connectivity index (χ4v) is 5.07. The van der Waals surface area contributed by atoms with Crippen molar-refractivity contribution in [3.8, 4) is 23.0 Å². The van der Waals surface area contributed by atoms with E-state index >= 15 is 0 Å². The number of hydrogen-bond acceptors (Lipinski definition) is 10. The molecule has 0 spiro atoms. The summed E-state index contributed by atoms with van der Waals surface area (Å²) in [5.41, 5.74) is 1.78. The highest BCUT2D eigenvalue weighted by Gasteiger charge is 2.23. The zero-order valence-corrected chi connectivity index (χ0v) is 19.1. The summed E-state index contributed by atoms with van der Waals surface area (Å²) in [6.45, 7) is 4.90. The van der Waals surface area contributed by atoms with Gasteiger partial charge in [-0.25, -0.2) is 0 Å². The van der Waals surface area contributed by atoms with Crippen LogP contribution >= 0.6 is 34.9 Å². The maximum Gasteiger partial charge on any atom is 0.311 e. The normalized spacial score (nSPS) is 10.9. The molecular formula is C19H19N3O5S3. The molecule has 3 rings (SSSR count). The van der Waals surface area contributed by atoms with Crippen molar-refractivity contribution < 1.29 is 19.9 Å². The van der Waals surface area contributed by atoms with Crippen LogP contribution in [0.4, 0.5) is 5.69 Å². The van der Waals surface area contributed by atoms with Crippen molar-refractivity contribution in [1.82, 2.24) is 10.2 Å². The molecule has 0 atom stereocenters. The molecule has 0 aliphatic carbocycles. The van der Waals surface area contributed by atoms with E-state index in [1.807, 2.05) is 6.26 Å². The smallest absolute Gasteiger partial charge is 0.311 e. The van der Waals surface area contributed by atoms with E-state index in [9.17, 15) is 20.3 Å². The van der Waals surface area contributed by atoms with Gasteiger partial charge in [0.1, 0.15) is 5.75 Å². The second-order valence-corrected chi connectivity index (χ2v) is 9.64. The molecule has 0 radical (unpaired) electrons. The van der Waals surface area contributed by atoms with E-state index < -0.39 is 4.92 Å². The number of nitrogens with zero attached hydrogens (tertiary/aromatic N) is 3. The summed E-state index contributed by atoms with van der Waals surface area (Å²) >= 11 is 4.43. The van der Waals surface area contributed by atoms with Crippen LogP contribution in [0, 0.1) is 30.9 Å². The molecule has 11 heteroatoms. The van der Waals surface area contributed by atoms with Crippen molar-refractivity contribution in [1.29, 1.82) is 0 Å². The lowest BCUT2D eigenvalue weighted by atomic mass is 10.0. The number of phenolic OH excluding ortho intramolecular Hbond substituents is 2. The highest BCUT2D eigenvalue weighted by atomic mass is 32.2. The maximum absolute atomic E-state index is 11.6. The molecule has 1 heterocycles. The predicted molar refractivity (Wildman–Crippen MR) is 118 cm³/mol. The Kier molecular flexibility index (Phi) is 6.74. The summed E-state index contributed by atoms with van der Waals surface area (Å²) in [7, 11) is 0. The van der Waals surface area contributed by atoms with Crippen LogP contribution in [0.3, 0.4) is 0 Å². The average Bonchev–Trinajstić information content (AvgIpc) is 3.21. The number of phenols is 2. The quantitative estimate of drug-likeness (QED) is 0.199. The molecule has 30 heavy (non-hydrogen) atoms. The molecule has 0 aliphatic rings. The van der Waals surface area contributed by atoms with Crippen molar-refractivity contribution in [2.24, 2.45) is 0 Å². The molecule has 0 saturated heterocycles. The molecule has 2 aromatic carbocycles. The number of nitro groups is 1. The van der Waals surface area contributed by atoms with Crippen molar-refractivity contribution in [2.75, 3.05) is 6.26 Å². The first-order valence-electron chi connectivity index (χ1n) is 8.70. The highest BCUT2D eigenvalue weighted by molar-refractivity contribution is 8.02. The Morgan fingerprint density at radius 3 is 2.40 bits per heavy atom. The van der Waals surface area contributed by atoms with Crippen molar-refractivity contribution in [2.45, 2.75) is 35.2 Å². The molecular weight excluding hydrogens is 446 g/mol. The highest BCUT2D eigenvalue weighted by Crippen LogP contribution is 2.45. The Hall–Kier alpha value is -2.50. The van der Waals surface area contributed by atoms with Crippen LogP contribution in [0.25, 0.3) is 0 Å². The van der Waals surface area contributed by atoms with Gasteiger partial charge in [-0.3, -0.25) is 10.1 Å². The third-order valence-corrected chi connectivity index (χ3v) is 7.64. The number of thioether (sulfide) groups is 2. The van der Waals surface area contributed by atoms with Crippen LogP contribution in [-0.4, -0.2) is 31.6 Å². The topological polar surface area (TPSA) is 119 Å². The van der Waals surface area contributed by atoms with E-state index in [-0.39, 0.29) is 28.7 Å². The maximum atomic E-state index is 11.6. The van der Waals surface area contributed by atoms with E-state index in [4.69, 9.17) is 4.74 Å². The SMILES string of the molecule is CSc1nnc(SCc2ccc(Oc3c(C)c(O)c(C)c(C)c3O)c([N+](=O)[O-])c2)s1. The molecule has 3 aromatic rings. The molecule has 158 valence electrons. The van der Waals surface area contributed by atoms with Crippen LogP contribution in [0.1, 0.15) is 22.3 Å². The summed E-state index contributed by atoms with van der Waals surface area (Å²) in [6.07, 6.45) is 1.92. The van der Waals surface area contributed by atoms with Crippen LogP contribution in [0.2, 0.25) is 0 Å². The van der Waals surface area contributed by atoms with Crippen LogP contribution in [0.15, 0.2) is 26.9 Å². The number of nitro benzene ring substituents is 1. The lowest BCUT2D eigenvalue weighted by Gasteiger charge is -2.16. The summed E-state index contributed by atoms with van der Waals surface area (Å²) in [5, 5.41) is 40.4. The Morgan fingerprint density at radius 2 is 1.77 bits per heavy atom. The Bertz CT molecular complexity index is 1090. The molecule has 8 nitrogen and oxygen atoms in total. The van der Waals surface area contributed by atoms with Crippen LogP contribution in [0.5, 0.6) is 23.0 Å². The van der Waals surface area contributed by atoms with E-state index in [2.05, 4.69) is 10.2 Å². The van der Waals surface area contributed by atoms with Crippen molar-refractivity contribution >= 4 is 40.5 Å². The Labute approximate surface area is 185 Å². The molecule has 0 unspecified atom stereocenters. The van der Waals surface area contributed by atoms with Gasteiger partial charge in [0, 0.05) is 22.9 Å². The molecule has 0 fully saturated rings. The summed E-state index contributed by atoms with van der Waals surface area (Å²) in [6, 6.07) is 4.65. The minimum Gasteiger partial charge on any atom is -0.507 e. The van der Waals surface area contributed by atoms with Crippen molar-refractivity contribution in [3.63, 3.8) is 0 Å². The second kappa shape index (κ2) is 9.11. The molecule has 0 bridgehead atoms.